The zero-order valence-electron chi connectivity index (χ0n) is 13.4. The van der Waals surface area contributed by atoms with Crippen molar-refractivity contribution in [1.29, 1.82) is 0 Å². The summed E-state index contributed by atoms with van der Waals surface area (Å²) in [6.45, 7) is 5.22. The van der Waals surface area contributed by atoms with Crippen LogP contribution in [0.15, 0.2) is 12.1 Å². The van der Waals surface area contributed by atoms with Gasteiger partial charge in [0.05, 0.1) is 7.11 Å². The fourth-order valence-electron chi connectivity index (χ4n) is 3.80. The Kier molecular flexibility index (Phi) is 4.28. The van der Waals surface area contributed by atoms with Crippen LogP contribution in [0.3, 0.4) is 0 Å². The zero-order valence-corrected chi connectivity index (χ0v) is 13.4. The summed E-state index contributed by atoms with van der Waals surface area (Å²) in [5.74, 6) is -0.801. The molecule has 1 N–H and O–H groups in total. The standard InChI is InChI=1S/C17H25FN2O2/c1-19-6-3-17(4-7-19)5-8-20(12-17)11-13-9-14(18)16(21)15(10-13)22-2/h9-10,21H,3-8,11-12H2,1-2H3. The highest BCUT2D eigenvalue weighted by atomic mass is 19.1. The second-order valence-electron chi connectivity index (χ2n) is 6.89. The van der Waals surface area contributed by atoms with E-state index in [1.165, 1.54) is 45.5 Å². The van der Waals surface area contributed by atoms with Gasteiger partial charge < -0.3 is 14.7 Å². The van der Waals surface area contributed by atoms with Crippen molar-refractivity contribution in [2.45, 2.75) is 25.8 Å². The van der Waals surface area contributed by atoms with Gasteiger partial charge in [-0.15, -0.1) is 0 Å². The monoisotopic (exact) mass is 308 g/mol. The third-order valence-corrected chi connectivity index (χ3v) is 5.28. The minimum Gasteiger partial charge on any atom is -0.502 e. The molecule has 1 aromatic rings. The summed E-state index contributed by atoms with van der Waals surface area (Å²) >= 11 is 0. The van der Waals surface area contributed by atoms with Crippen LogP contribution in [0.25, 0.3) is 0 Å². The van der Waals surface area contributed by atoms with E-state index in [2.05, 4.69) is 16.8 Å². The molecule has 0 bridgehead atoms. The Bertz CT molecular complexity index is 542. The summed E-state index contributed by atoms with van der Waals surface area (Å²) in [4.78, 5) is 4.80. The number of hydrogen-bond acceptors (Lipinski definition) is 4. The van der Waals surface area contributed by atoms with Gasteiger partial charge in [-0.3, -0.25) is 4.90 Å². The van der Waals surface area contributed by atoms with Crippen LogP contribution in [-0.2, 0) is 6.54 Å². The number of phenols is 1. The summed E-state index contributed by atoms with van der Waals surface area (Å²) in [5.41, 5.74) is 1.31. The van der Waals surface area contributed by atoms with Gasteiger partial charge >= 0.3 is 0 Å². The smallest absolute Gasteiger partial charge is 0.194 e. The first kappa shape index (κ1) is 15.6. The number of nitrogens with zero attached hydrogens (tertiary/aromatic N) is 2. The lowest BCUT2D eigenvalue weighted by Gasteiger charge is -2.37. The third kappa shape index (κ3) is 3.06. The SMILES string of the molecule is COc1cc(CN2CCC3(CCN(C)CC3)C2)cc(F)c1O. The first-order valence-electron chi connectivity index (χ1n) is 7.98. The zero-order chi connectivity index (χ0) is 15.7. The number of hydrogen-bond donors (Lipinski definition) is 1. The molecule has 2 fully saturated rings. The topological polar surface area (TPSA) is 35.9 Å². The van der Waals surface area contributed by atoms with Crippen molar-refractivity contribution in [2.75, 3.05) is 40.3 Å². The number of piperidine rings is 1. The molecule has 0 amide bonds. The van der Waals surface area contributed by atoms with Crippen LogP contribution in [0.2, 0.25) is 0 Å². The van der Waals surface area contributed by atoms with E-state index in [9.17, 15) is 9.50 Å². The molecule has 0 radical (unpaired) electrons. The summed E-state index contributed by atoms with van der Waals surface area (Å²) in [6.07, 6.45) is 3.75. The molecule has 2 saturated heterocycles. The molecule has 1 aromatic carbocycles. The normalized spacial score (nSPS) is 22.3. The van der Waals surface area contributed by atoms with Gasteiger partial charge in [0.1, 0.15) is 0 Å². The highest BCUT2D eigenvalue weighted by molar-refractivity contribution is 5.43. The lowest BCUT2D eigenvalue weighted by molar-refractivity contribution is 0.125. The molecule has 1 spiro atoms. The van der Waals surface area contributed by atoms with E-state index < -0.39 is 11.6 Å². The molecule has 2 heterocycles. The fraction of sp³-hybridized carbons (Fsp3) is 0.647. The number of benzene rings is 1. The van der Waals surface area contributed by atoms with E-state index >= 15 is 0 Å². The number of rotatable bonds is 3. The fourth-order valence-corrected chi connectivity index (χ4v) is 3.80. The van der Waals surface area contributed by atoms with Gasteiger partial charge in [0.2, 0.25) is 0 Å². The predicted molar refractivity (Wildman–Crippen MR) is 83.7 cm³/mol. The summed E-state index contributed by atoms with van der Waals surface area (Å²) in [5, 5.41) is 9.59. The van der Waals surface area contributed by atoms with Crippen LogP contribution in [-0.4, -0.2) is 55.2 Å². The summed E-state index contributed by atoms with van der Waals surface area (Å²) in [6, 6.07) is 3.15. The van der Waals surface area contributed by atoms with Crippen molar-refractivity contribution in [3.63, 3.8) is 0 Å². The van der Waals surface area contributed by atoms with Gasteiger partial charge in [-0.05, 0) is 69.1 Å². The number of phenolic OH excluding ortho intramolecular Hbond substituents is 1. The van der Waals surface area contributed by atoms with E-state index in [1.54, 1.807) is 6.07 Å². The van der Waals surface area contributed by atoms with Crippen molar-refractivity contribution in [3.05, 3.63) is 23.5 Å². The van der Waals surface area contributed by atoms with Gasteiger partial charge in [-0.1, -0.05) is 0 Å². The molecule has 0 aliphatic carbocycles. The minimum atomic E-state index is -0.609. The van der Waals surface area contributed by atoms with Gasteiger partial charge in [0.15, 0.2) is 17.3 Å². The number of aromatic hydroxyl groups is 1. The maximum absolute atomic E-state index is 13.7. The molecular formula is C17H25FN2O2. The first-order valence-corrected chi connectivity index (χ1v) is 7.98. The molecule has 2 aliphatic heterocycles. The molecule has 2 aliphatic rings. The predicted octanol–water partition coefficient (Wildman–Crippen LogP) is 2.46. The Morgan fingerprint density at radius 2 is 1.91 bits per heavy atom. The van der Waals surface area contributed by atoms with Crippen molar-refractivity contribution >= 4 is 0 Å². The number of likely N-dealkylation sites (tertiary alicyclic amines) is 2. The molecular weight excluding hydrogens is 283 g/mol. The molecule has 4 nitrogen and oxygen atoms in total. The Labute approximate surface area is 131 Å². The molecule has 0 aromatic heterocycles. The molecule has 122 valence electrons. The van der Waals surface area contributed by atoms with Crippen molar-refractivity contribution in [2.24, 2.45) is 5.41 Å². The number of halogens is 1. The first-order chi connectivity index (χ1) is 10.5. The van der Waals surface area contributed by atoms with Crippen molar-refractivity contribution in [1.82, 2.24) is 9.80 Å². The number of ether oxygens (including phenoxy) is 1. The molecule has 0 saturated carbocycles. The second kappa shape index (κ2) is 6.05. The third-order valence-electron chi connectivity index (χ3n) is 5.28. The van der Waals surface area contributed by atoms with Crippen LogP contribution in [0.5, 0.6) is 11.5 Å². The number of methoxy groups -OCH3 is 1. The lowest BCUT2D eigenvalue weighted by atomic mass is 9.78. The van der Waals surface area contributed by atoms with Gasteiger partial charge in [0.25, 0.3) is 0 Å². The van der Waals surface area contributed by atoms with E-state index in [1.807, 2.05) is 0 Å². The molecule has 22 heavy (non-hydrogen) atoms. The molecule has 0 unspecified atom stereocenters. The van der Waals surface area contributed by atoms with Gasteiger partial charge in [-0.2, -0.15) is 0 Å². The van der Waals surface area contributed by atoms with Crippen LogP contribution in [0.1, 0.15) is 24.8 Å². The van der Waals surface area contributed by atoms with E-state index in [0.29, 0.717) is 12.0 Å². The van der Waals surface area contributed by atoms with Crippen LogP contribution < -0.4 is 4.74 Å². The highest BCUT2D eigenvalue weighted by Crippen LogP contribution is 2.41. The van der Waals surface area contributed by atoms with Crippen LogP contribution in [0, 0.1) is 11.2 Å². The van der Waals surface area contributed by atoms with Crippen molar-refractivity contribution < 1.29 is 14.2 Å². The molecule has 5 heteroatoms. The quantitative estimate of drug-likeness (QED) is 0.930. The Balaban J connectivity index is 1.66. The maximum atomic E-state index is 13.7. The van der Waals surface area contributed by atoms with Crippen molar-refractivity contribution in [3.8, 4) is 11.5 Å². The average Bonchev–Trinajstić information content (AvgIpc) is 2.89. The summed E-state index contributed by atoms with van der Waals surface area (Å²) in [7, 11) is 3.63. The highest BCUT2D eigenvalue weighted by Gasteiger charge is 2.39. The largest absolute Gasteiger partial charge is 0.502 e. The maximum Gasteiger partial charge on any atom is 0.194 e. The lowest BCUT2D eigenvalue weighted by Crippen LogP contribution is -2.39. The Hall–Kier alpha value is -1.33. The Morgan fingerprint density at radius 1 is 1.23 bits per heavy atom. The van der Waals surface area contributed by atoms with E-state index in [0.717, 1.165) is 18.7 Å². The van der Waals surface area contributed by atoms with Gasteiger partial charge in [-0.25, -0.2) is 4.39 Å². The Morgan fingerprint density at radius 3 is 2.59 bits per heavy atom. The molecule has 3 rings (SSSR count). The average molecular weight is 308 g/mol. The van der Waals surface area contributed by atoms with Crippen LogP contribution >= 0.6 is 0 Å². The van der Waals surface area contributed by atoms with E-state index in [4.69, 9.17) is 4.74 Å². The minimum absolute atomic E-state index is 0.211. The molecule has 0 atom stereocenters. The van der Waals surface area contributed by atoms with Gasteiger partial charge in [0, 0.05) is 13.1 Å². The van der Waals surface area contributed by atoms with Crippen LogP contribution in [0.4, 0.5) is 4.39 Å². The second-order valence-corrected chi connectivity index (χ2v) is 6.89. The van der Waals surface area contributed by atoms with E-state index in [-0.39, 0.29) is 5.75 Å². The summed E-state index contributed by atoms with van der Waals surface area (Å²) < 4.78 is 18.8.